The summed E-state index contributed by atoms with van der Waals surface area (Å²) in [6.45, 7) is 22.8. The first-order valence-electron chi connectivity index (χ1n) is 30.9. The van der Waals surface area contributed by atoms with Crippen LogP contribution >= 0.6 is 0 Å². The van der Waals surface area contributed by atoms with Gasteiger partial charge in [-0.05, 0) is 189 Å². The lowest BCUT2D eigenvalue weighted by Gasteiger charge is -2.27. The second kappa shape index (κ2) is 27.9. The highest BCUT2D eigenvalue weighted by molar-refractivity contribution is 5.98. The number of amides is 3. The number of hydrogen-bond donors (Lipinski definition) is 5. The number of H-pyrrole nitrogens is 3. The number of benzene rings is 2. The van der Waals surface area contributed by atoms with Gasteiger partial charge in [-0.1, -0.05) is 25.5 Å². The molecule has 0 saturated carbocycles. The standard InChI is InChI=1S/C35H45N7O4.C25H29N7O.C5H11N/c1-6-40(34(44)46-35(3,4)5)22-25-19-36-20-27(23(25)2)24-13-14-29-26(18-24)31(39-42(29)30-12-8-11-17-45-30)32-37-21-28(38-32)33(43)41-15-9-7-10-16-41;1-3-26-12-18-13-27-14-20(16(18)2)17-7-8-21-19(11-17)23(31-30-21)24-28-15-22(29-24)25(33)32-9-5-4-6-10-32;1-2-4-6-5-3-1/h13-14,18-21,30H,6-12,15-17,22H2,1-5H3,(H,37,38);7-8,11,13-15,26H,3-6,9-10,12H2,1-2H3,(H,28,29)(H,30,31);6H,1-5H2. The lowest BCUT2D eigenvalue weighted by atomic mass is 9.97. The van der Waals surface area contributed by atoms with Gasteiger partial charge in [-0.2, -0.15) is 10.2 Å². The molecule has 3 amide bonds. The van der Waals surface area contributed by atoms with Crippen LogP contribution < -0.4 is 10.6 Å². The number of fused-ring (bicyclic) bond motifs is 2. The van der Waals surface area contributed by atoms with Gasteiger partial charge < -0.3 is 44.8 Å². The fourth-order valence-corrected chi connectivity index (χ4v) is 11.6. The Balaban J connectivity index is 0.000000179. The van der Waals surface area contributed by atoms with Crippen molar-refractivity contribution < 1.29 is 23.9 Å². The van der Waals surface area contributed by atoms with Gasteiger partial charge in [-0.15, -0.1) is 0 Å². The largest absolute Gasteiger partial charge is 0.444 e. The lowest BCUT2D eigenvalue weighted by Crippen LogP contribution is -2.36. The number of rotatable bonds is 13. The number of hydrogen-bond acceptors (Lipinski definition) is 13. The van der Waals surface area contributed by atoms with Gasteiger partial charge in [0.25, 0.3) is 11.8 Å². The Hall–Kier alpha value is -7.81. The molecule has 2 aromatic carbocycles. The number of carbonyl (C=O) groups excluding carboxylic acids is 3. The predicted octanol–water partition coefficient (Wildman–Crippen LogP) is 11.7. The minimum Gasteiger partial charge on any atom is -0.444 e. The van der Waals surface area contributed by atoms with Gasteiger partial charge in [0.05, 0.1) is 30.0 Å². The van der Waals surface area contributed by atoms with E-state index in [1.807, 2.05) is 73.0 Å². The van der Waals surface area contributed by atoms with E-state index in [9.17, 15) is 14.4 Å². The zero-order chi connectivity index (χ0) is 59.5. The van der Waals surface area contributed by atoms with Crippen molar-refractivity contribution in [3.63, 3.8) is 0 Å². The summed E-state index contributed by atoms with van der Waals surface area (Å²) in [6, 6.07) is 12.5. The molecule has 20 nitrogen and oxygen atoms in total. The molecule has 8 aromatic rings. The molecule has 85 heavy (non-hydrogen) atoms. The van der Waals surface area contributed by atoms with Crippen molar-refractivity contribution in [2.45, 2.75) is 150 Å². The Kier molecular flexibility index (Phi) is 19.8. The third-order valence-corrected chi connectivity index (χ3v) is 16.5. The Labute approximate surface area is 498 Å². The highest BCUT2D eigenvalue weighted by Gasteiger charge is 2.28. The van der Waals surface area contributed by atoms with E-state index < -0.39 is 5.60 Å². The van der Waals surface area contributed by atoms with Gasteiger partial charge in [0, 0.05) is 92.6 Å². The number of imidazole rings is 2. The fourth-order valence-electron chi connectivity index (χ4n) is 11.6. The molecule has 6 aromatic heterocycles. The maximum atomic E-state index is 13.2. The fraction of sp³-hybridized carbons (Fsp3) is 0.492. The Morgan fingerprint density at radius 1 is 0.694 bits per heavy atom. The Morgan fingerprint density at radius 3 is 1.85 bits per heavy atom. The van der Waals surface area contributed by atoms with E-state index in [4.69, 9.17) is 14.6 Å². The Bertz CT molecular complexity index is 3540. The van der Waals surface area contributed by atoms with Crippen LogP contribution in [-0.4, -0.2) is 147 Å². The van der Waals surface area contributed by atoms with Gasteiger partial charge in [0.1, 0.15) is 28.4 Å². The van der Waals surface area contributed by atoms with E-state index in [0.717, 1.165) is 146 Å². The topological polar surface area (TPSA) is 233 Å². The number of aromatic nitrogens is 10. The van der Waals surface area contributed by atoms with Crippen LogP contribution in [0.15, 0.2) is 73.6 Å². The van der Waals surface area contributed by atoms with Gasteiger partial charge >= 0.3 is 6.09 Å². The van der Waals surface area contributed by atoms with Crippen molar-refractivity contribution in [3.05, 3.63) is 107 Å². The highest BCUT2D eigenvalue weighted by atomic mass is 16.6. The van der Waals surface area contributed by atoms with Crippen molar-refractivity contribution in [1.29, 1.82) is 0 Å². The van der Waals surface area contributed by atoms with Crippen molar-refractivity contribution >= 4 is 39.7 Å². The van der Waals surface area contributed by atoms with Crippen molar-refractivity contribution in [3.8, 4) is 45.3 Å². The molecule has 450 valence electrons. The summed E-state index contributed by atoms with van der Waals surface area (Å²) < 4.78 is 13.7. The van der Waals surface area contributed by atoms with Crippen LogP contribution in [0.4, 0.5) is 4.79 Å². The molecule has 0 radical (unpaired) electrons. The van der Waals surface area contributed by atoms with E-state index in [2.05, 4.69) is 102 Å². The first-order chi connectivity index (χ1) is 41.3. The molecule has 4 fully saturated rings. The first-order valence-corrected chi connectivity index (χ1v) is 30.9. The summed E-state index contributed by atoms with van der Waals surface area (Å²) in [6.07, 6.45) is 24.0. The summed E-state index contributed by atoms with van der Waals surface area (Å²) in [5.74, 6) is 1.13. The number of nitrogens with one attached hydrogen (secondary N) is 5. The van der Waals surface area contributed by atoms with E-state index >= 15 is 0 Å². The van der Waals surface area contributed by atoms with Gasteiger partial charge in [-0.3, -0.25) is 24.7 Å². The normalized spacial score (nSPS) is 16.6. The van der Waals surface area contributed by atoms with E-state index in [1.165, 1.54) is 49.9 Å². The highest BCUT2D eigenvalue weighted by Crippen LogP contribution is 2.37. The molecule has 4 saturated heterocycles. The van der Waals surface area contributed by atoms with Crippen LogP contribution in [0.3, 0.4) is 0 Å². The van der Waals surface area contributed by atoms with Gasteiger partial charge in [0.2, 0.25) is 0 Å². The number of nitrogens with zero attached hydrogens (tertiary/aromatic N) is 10. The van der Waals surface area contributed by atoms with Crippen LogP contribution in [0.2, 0.25) is 0 Å². The molecule has 10 heterocycles. The van der Waals surface area contributed by atoms with Crippen molar-refractivity contribution in [1.82, 2.24) is 75.2 Å². The number of aromatic amines is 3. The third kappa shape index (κ3) is 14.5. The van der Waals surface area contributed by atoms with E-state index in [-0.39, 0.29) is 24.1 Å². The molecule has 1 unspecified atom stereocenters. The molecular formula is C65H85N15O5. The first kappa shape index (κ1) is 60.3. The second-order valence-electron chi connectivity index (χ2n) is 23.7. The molecule has 0 aliphatic carbocycles. The number of ether oxygens (including phenoxy) is 2. The molecule has 20 heteroatoms. The van der Waals surface area contributed by atoms with E-state index in [1.54, 1.807) is 17.3 Å². The quantitative estimate of drug-likeness (QED) is 0.0724. The number of piperidine rings is 3. The number of likely N-dealkylation sites (tertiary alicyclic amines) is 2. The summed E-state index contributed by atoms with van der Waals surface area (Å²) in [5.41, 5.74) is 12.1. The van der Waals surface area contributed by atoms with Crippen LogP contribution in [0.25, 0.3) is 67.1 Å². The van der Waals surface area contributed by atoms with Crippen LogP contribution in [-0.2, 0) is 22.6 Å². The Morgan fingerprint density at radius 2 is 1.28 bits per heavy atom. The van der Waals surface area contributed by atoms with Crippen LogP contribution in [0.5, 0.6) is 0 Å². The SMILES string of the molecule is C1CCNCC1.CCN(Cc1cncc(-c2ccc3c(c2)c(-c2ncc(C(=O)N4CCCCC4)[nH]2)nn3C2CCCCO2)c1C)C(=O)OC(C)(C)C.CCNCc1cncc(-c2ccc3[nH]nc(-c4ncc(C(=O)N5CCCCC5)[nH]4)c3c2)c1C. The zero-order valence-corrected chi connectivity index (χ0v) is 50.8. The summed E-state index contributed by atoms with van der Waals surface area (Å²) >= 11 is 0. The molecule has 12 rings (SSSR count). The maximum Gasteiger partial charge on any atom is 0.410 e. The third-order valence-electron chi connectivity index (χ3n) is 16.5. The minimum atomic E-state index is -0.574. The monoisotopic (exact) mass is 1160 g/mol. The van der Waals surface area contributed by atoms with Gasteiger partial charge in [0.15, 0.2) is 17.9 Å². The van der Waals surface area contributed by atoms with E-state index in [0.29, 0.717) is 54.1 Å². The lowest BCUT2D eigenvalue weighted by molar-refractivity contribution is -0.0365. The smallest absolute Gasteiger partial charge is 0.410 e. The van der Waals surface area contributed by atoms with Crippen molar-refractivity contribution in [2.24, 2.45) is 0 Å². The molecule has 4 aliphatic heterocycles. The second-order valence-corrected chi connectivity index (χ2v) is 23.7. The van der Waals surface area contributed by atoms with Gasteiger partial charge in [-0.25, -0.2) is 19.4 Å². The minimum absolute atomic E-state index is 0.00758. The average molecular weight is 1160 g/mol. The summed E-state index contributed by atoms with van der Waals surface area (Å²) in [7, 11) is 0. The average Bonchev–Trinajstić information content (AvgIpc) is 2.57. The number of pyridine rings is 2. The van der Waals surface area contributed by atoms with Crippen LogP contribution in [0, 0.1) is 13.8 Å². The molecular weight excluding hydrogens is 1070 g/mol. The summed E-state index contributed by atoms with van der Waals surface area (Å²) in [4.78, 5) is 69.1. The van der Waals surface area contributed by atoms with Crippen LogP contribution in [0.1, 0.15) is 161 Å². The number of carbonyl (C=O) groups is 3. The summed E-state index contributed by atoms with van der Waals surface area (Å²) in [5, 5.41) is 21.2. The molecule has 0 spiro atoms. The zero-order valence-electron chi connectivity index (χ0n) is 50.8. The predicted molar refractivity (Wildman–Crippen MR) is 332 cm³/mol. The maximum absolute atomic E-state index is 13.2. The van der Waals surface area contributed by atoms with Crippen molar-refractivity contribution in [2.75, 3.05) is 59.0 Å². The molecule has 5 N–H and O–H groups in total. The molecule has 0 bridgehead atoms. The molecule has 1 atom stereocenters. The molecule has 4 aliphatic rings.